The van der Waals surface area contributed by atoms with E-state index in [-0.39, 0.29) is 5.41 Å². The van der Waals surface area contributed by atoms with Crippen molar-refractivity contribution in [2.24, 2.45) is 10.6 Å². The van der Waals surface area contributed by atoms with E-state index in [0.29, 0.717) is 32.5 Å². The van der Waals surface area contributed by atoms with Crippen LogP contribution in [0.1, 0.15) is 33.6 Å². The molecule has 5 nitrogen and oxygen atoms in total. The lowest BCUT2D eigenvalue weighted by atomic mass is 9.88. The van der Waals surface area contributed by atoms with E-state index in [4.69, 9.17) is 5.14 Å². The molecule has 102 valence electrons. The molecular weight excluding hydrogens is 240 g/mol. The zero-order chi connectivity index (χ0) is 13.3. The Bertz CT molecular complexity index is 340. The van der Waals surface area contributed by atoms with Crippen LogP contribution >= 0.6 is 0 Å². The summed E-state index contributed by atoms with van der Waals surface area (Å²) in [5, 5.41) is 14.7. The summed E-state index contributed by atoms with van der Waals surface area (Å²) in [6.07, 6.45) is 0.735. The average molecular weight is 264 g/mol. The lowest BCUT2D eigenvalue weighted by Gasteiger charge is -2.35. The van der Waals surface area contributed by atoms with Crippen LogP contribution in [0.15, 0.2) is 0 Å². The van der Waals surface area contributed by atoms with Gasteiger partial charge in [-0.15, -0.1) is 0 Å². The van der Waals surface area contributed by atoms with E-state index >= 15 is 0 Å². The summed E-state index contributed by atoms with van der Waals surface area (Å²) in [7, 11) is -3.40. The second-order valence-corrected chi connectivity index (χ2v) is 7.82. The standard InChI is InChI=1S/C11H24N2O3S/c1-11(2,3)10(14)8-13-6-4-9(5-7-13)17(12,15)16/h9-10,14H,4-8H2,1-3H3,(H2,12,15,16). The third-order valence-corrected chi connectivity index (χ3v) is 4.83. The maximum Gasteiger partial charge on any atom is 0.212 e. The lowest BCUT2D eigenvalue weighted by Crippen LogP contribution is -2.46. The van der Waals surface area contributed by atoms with Gasteiger partial charge in [0, 0.05) is 6.54 Å². The molecule has 1 unspecified atom stereocenters. The quantitative estimate of drug-likeness (QED) is 0.760. The Labute approximate surface area is 104 Å². The minimum atomic E-state index is -3.40. The van der Waals surface area contributed by atoms with E-state index in [2.05, 4.69) is 4.90 Å². The smallest absolute Gasteiger partial charge is 0.212 e. The molecule has 17 heavy (non-hydrogen) atoms. The Morgan fingerprint density at radius 3 is 2.18 bits per heavy atom. The van der Waals surface area contributed by atoms with Gasteiger partial charge >= 0.3 is 0 Å². The number of nitrogens with zero attached hydrogens (tertiary/aromatic N) is 1. The third-order valence-electron chi connectivity index (χ3n) is 3.43. The Morgan fingerprint density at radius 2 is 1.82 bits per heavy atom. The number of aliphatic hydroxyl groups excluding tert-OH is 1. The Kier molecular flexibility index (Phi) is 4.57. The van der Waals surface area contributed by atoms with Gasteiger partial charge in [-0.2, -0.15) is 0 Å². The highest BCUT2D eigenvalue weighted by molar-refractivity contribution is 7.89. The van der Waals surface area contributed by atoms with Gasteiger partial charge in [-0.25, -0.2) is 13.6 Å². The van der Waals surface area contributed by atoms with Crippen molar-refractivity contribution in [1.82, 2.24) is 4.90 Å². The molecule has 0 saturated carbocycles. The molecular formula is C11H24N2O3S. The zero-order valence-corrected chi connectivity index (χ0v) is 11.7. The first-order valence-electron chi connectivity index (χ1n) is 6.03. The molecule has 0 spiro atoms. The number of hydrogen-bond acceptors (Lipinski definition) is 4. The van der Waals surface area contributed by atoms with E-state index in [1.165, 1.54) is 0 Å². The summed E-state index contributed by atoms with van der Waals surface area (Å²) in [5.41, 5.74) is -0.142. The van der Waals surface area contributed by atoms with Gasteiger partial charge in [-0.3, -0.25) is 0 Å². The highest BCUT2D eigenvalue weighted by Gasteiger charge is 2.30. The molecule has 1 heterocycles. The van der Waals surface area contributed by atoms with Crippen molar-refractivity contribution in [2.75, 3.05) is 19.6 Å². The topological polar surface area (TPSA) is 83.6 Å². The van der Waals surface area contributed by atoms with Crippen LogP contribution in [-0.2, 0) is 10.0 Å². The summed E-state index contributed by atoms with van der Waals surface area (Å²) < 4.78 is 22.4. The fraction of sp³-hybridized carbons (Fsp3) is 1.00. The molecule has 1 atom stereocenters. The number of likely N-dealkylation sites (tertiary alicyclic amines) is 1. The number of sulfonamides is 1. The number of hydrogen-bond donors (Lipinski definition) is 2. The van der Waals surface area contributed by atoms with Crippen molar-refractivity contribution in [2.45, 2.75) is 45.0 Å². The largest absolute Gasteiger partial charge is 0.391 e. The number of rotatable bonds is 3. The monoisotopic (exact) mass is 264 g/mol. The van der Waals surface area contributed by atoms with Crippen LogP contribution < -0.4 is 5.14 Å². The molecule has 1 aliphatic rings. The first-order chi connectivity index (χ1) is 7.60. The van der Waals surface area contributed by atoms with Gasteiger partial charge in [-0.1, -0.05) is 20.8 Å². The molecule has 1 fully saturated rings. The molecule has 0 aromatic heterocycles. The van der Waals surface area contributed by atoms with E-state index in [1.54, 1.807) is 0 Å². The highest BCUT2D eigenvalue weighted by Crippen LogP contribution is 2.22. The Morgan fingerprint density at radius 1 is 1.35 bits per heavy atom. The molecule has 6 heteroatoms. The van der Waals surface area contributed by atoms with E-state index in [0.717, 1.165) is 0 Å². The van der Waals surface area contributed by atoms with Gasteiger partial charge < -0.3 is 10.0 Å². The number of nitrogens with two attached hydrogens (primary N) is 1. The van der Waals surface area contributed by atoms with Crippen LogP contribution in [0.4, 0.5) is 0 Å². The van der Waals surface area contributed by atoms with Crippen molar-refractivity contribution in [3.05, 3.63) is 0 Å². The fourth-order valence-corrected chi connectivity index (χ4v) is 2.81. The van der Waals surface area contributed by atoms with Gasteiger partial charge in [-0.05, 0) is 31.3 Å². The van der Waals surface area contributed by atoms with Crippen LogP contribution in [0.2, 0.25) is 0 Å². The van der Waals surface area contributed by atoms with E-state index in [9.17, 15) is 13.5 Å². The van der Waals surface area contributed by atoms with Crippen LogP contribution in [0, 0.1) is 5.41 Å². The van der Waals surface area contributed by atoms with Crippen LogP contribution in [0.5, 0.6) is 0 Å². The number of piperidine rings is 1. The highest BCUT2D eigenvalue weighted by atomic mass is 32.2. The fourth-order valence-electron chi connectivity index (χ4n) is 1.94. The second-order valence-electron chi connectivity index (χ2n) is 5.97. The van der Waals surface area contributed by atoms with Gasteiger partial charge in [0.2, 0.25) is 10.0 Å². The molecule has 1 rings (SSSR count). The van der Waals surface area contributed by atoms with Crippen molar-refractivity contribution < 1.29 is 13.5 Å². The van der Waals surface area contributed by atoms with Gasteiger partial charge in [0.05, 0.1) is 11.4 Å². The minimum absolute atomic E-state index is 0.142. The number of primary sulfonamides is 1. The summed E-state index contributed by atoms with van der Waals surface area (Å²) in [6.45, 7) is 7.96. The maximum atomic E-state index is 11.2. The van der Waals surface area contributed by atoms with Crippen molar-refractivity contribution in [3.8, 4) is 0 Å². The molecule has 0 amide bonds. The molecule has 1 aliphatic heterocycles. The van der Waals surface area contributed by atoms with Crippen molar-refractivity contribution >= 4 is 10.0 Å². The van der Waals surface area contributed by atoms with E-state index in [1.807, 2.05) is 20.8 Å². The lowest BCUT2D eigenvalue weighted by molar-refractivity contribution is 0.0238. The minimum Gasteiger partial charge on any atom is -0.391 e. The van der Waals surface area contributed by atoms with Gasteiger partial charge in [0.15, 0.2) is 0 Å². The predicted molar refractivity (Wildman–Crippen MR) is 68.0 cm³/mol. The number of β-amino-alcohol motifs (C(OH)–C–C–N with tert-alkyl or cyclic N) is 1. The first-order valence-corrected chi connectivity index (χ1v) is 7.63. The molecule has 3 N–H and O–H groups in total. The summed E-state index contributed by atoms with van der Waals surface area (Å²) in [5.74, 6) is 0. The van der Waals surface area contributed by atoms with Crippen LogP contribution in [-0.4, -0.2) is 49.4 Å². The molecule has 0 aromatic carbocycles. The SMILES string of the molecule is CC(C)(C)C(O)CN1CCC(S(N)(=O)=O)CC1. The Hall–Kier alpha value is -0.170. The maximum absolute atomic E-state index is 11.2. The first kappa shape index (κ1) is 14.9. The van der Waals surface area contributed by atoms with Crippen molar-refractivity contribution in [1.29, 1.82) is 0 Å². The van der Waals surface area contributed by atoms with Gasteiger partial charge in [0.1, 0.15) is 0 Å². The third kappa shape index (κ3) is 4.54. The predicted octanol–water partition coefficient (Wildman–Crippen LogP) is 0.146. The number of aliphatic hydroxyl groups is 1. The van der Waals surface area contributed by atoms with E-state index < -0.39 is 21.4 Å². The molecule has 0 radical (unpaired) electrons. The van der Waals surface area contributed by atoms with Crippen molar-refractivity contribution in [3.63, 3.8) is 0 Å². The summed E-state index contributed by atoms with van der Waals surface area (Å²) in [6, 6.07) is 0. The van der Waals surface area contributed by atoms with Gasteiger partial charge in [0.25, 0.3) is 0 Å². The Balaban J connectivity index is 2.43. The molecule has 0 bridgehead atoms. The molecule has 1 saturated heterocycles. The average Bonchev–Trinajstić information content (AvgIpc) is 2.15. The van der Waals surface area contributed by atoms with Crippen LogP contribution in [0.3, 0.4) is 0 Å². The second kappa shape index (κ2) is 5.22. The zero-order valence-electron chi connectivity index (χ0n) is 10.9. The molecule has 0 aliphatic carbocycles. The molecule has 0 aromatic rings. The normalized spacial score (nSPS) is 22.6. The van der Waals surface area contributed by atoms with Crippen LogP contribution in [0.25, 0.3) is 0 Å². The summed E-state index contributed by atoms with van der Waals surface area (Å²) in [4.78, 5) is 2.11. The summed E-state index contributed by atoms with van der Waals surface area (Å²) >= 11 is 0.